The van der Waals surface area contributed by atoms with Gasteiger partial charge in [-0.2, -0.15) is 0 Å². The van der Waals surface area contributed by atoms with E-state index in [4.69, 9.17) is 4.52 Å². The lowest BCUT2D eigenvalue weighted by molar-refractivity contribution is 0.100. The van der Waals surface area contributed by atoms with E-state index in [1.165, 1.54) is 0 Å². The van der Waals surface area contributed by atoms with Crippen LogP contribution in [0.1, 0.15) is 21.8 Å². The molecule has 1 aromatic heterocycles. The number of aromatic nitrogens is 1. The summed E-state index contributed by atoms with van der Waals surface area (Å²) in [5.41, 5.74) is 3.02. The summed E-state index contributed by atoms with van der Waals surface area (Å²) in [5, 5.41) is 3.94. The summed E-state index contributed by atoms with van der Waals surface area (Å²) in [4.78, 5) is 12.5. The molecule has 0 spiro atoms. The van der Waals surface area contributed by atoms with Crippen molar-refractivity contribution >= 4 is 5.78 Å². The predicted octanol–water partition coefficient (Wildman–Crippen LogP) is 3.88. The Kier molecular flexibility index (Phi) is 3.17. The molecule has 0 N–H and O–H groups in total. The Morgan fingerprint density at radius 2 is 1.55 bits per heavy atom. The first-order chi connectivity index (χ1) is 9.77. The summed E-state index contributed by atoms with van der Waals surface area (Å²) in [6, 6.07) is 18.8. The van der Waals surface area contributed by atoms with Crippen molar-refractivity contribution in [3.63, 3.8) is 0 Å². The second kappa shape index (κ2) is 5.13. The molecule has 2 aromatic carbocycles. The standard InChI is InChI=1S/C17H13NO2/c1-12-15(13-8-4-2-5-9-13)17(20-18-12)16(19)14-10-6-3-7-11-14/h2-11H,1H3. The summed E-state index contributed by atoms with van der Waals surface area (Å²) < 4.78 is 5.27. The number of nitrogens with zero attached hydrogens (tertiary/aromatic N) is 1. The van der Waals surface area contributed by atoms with Crippen molar-refractivity contribution in [2.75, 3.05) is 0 Å². The Morgan fingerprint density at radius 3 is 2.20 bits per heavy atom. The minimum absolute atomic E-state index is 0.148. The minimum Gasteiger partial charge on any atom is -0.352 e. The molecule has 0 radical (unpaired) electrons. The fourth-order valence-electron chi connectivity index (χ4n) is 2.19. The summed E-state index contributed by atoms with van der Waals surface area (Å²) in [5.74, 6) is 0.143. The Labute approximate surface area is 116 Å². The van der Waals surface area contributed by atoms with Gasteiger partial charge >= 0.3 is 0 Å². The van der Waals surface area contributed by atoms with Crippen molar-refractivity contribution in [2.24, 2.45) is 0 Å². The van der Waals surface area contributed by atoms with Gasteiger partial charge in [-0.05, 0) is 12.5 Å². The first kappa shape index (κ1) is 12.4. The molecule has 0 amide bonds. The molecule has 0 fully saturated rings. The minimum atomic E-state index is -0.148. The second-order valence-electron chi connectivity index (χ2n) is 4.53. The molecule has 3 rings (SSSR count). The average molecular weight is 263 g/mol. The number of carbonyl (C=O) groups is 1. The highest BCUT2D eigenvalue weighted by atomic mass is 16.5. The highest BCUT2D eigenvalue weighted by molar-refractivity contribution is 6.11. The van der Waals surface area contributed by atoms with E-state index >= 15 is 0 Å². The largest absolute Gasteiger partial charge is 0.352 e. The number of rotatable bonds is 3. The topological polar surface area (TPSA) is 43.1 Å². The van der Waals surface area contributed by atoms with Crippen LogP contribution in [0.15, 0.2) is 65.2 Å². The van der Waals surface area contributed by atoms with Crippen LogP contribution in [0.25, 0.3) is 11.1 Å². The van der Waals surface area contributed by atoms with Crippen molar-refractivity contribution in [3.8, 4) is 11.1 Å². The van der Waals surface area contributed by atoms with Gasteiger partial charge in [0.15, 0.2) is 0 Å². The summed E-state index contributed by atoms with van der Waals surface area (Å²) in [6.07, 6.45) is 0. The van der Waals surface area contributed by atoms with E-state index in [1.54, 1.807) is 12.1 Å². The highest BCUT2D eigenvalue weighted by Crippen LogP contribution is 2.28. The van der Waals surface area contributed by atoms with Crippen LogP contribution < -0.4 is 0 Å². The first-order valence-corrected chi connectivity index (χ1v) is 6.39. The number of hydrogen-bond acceptors (Lipinski definition) is 3. The van der Waals surface area contributed by atoms with Gasteiger partial charge in [-0.25, -0.2) is 0 Å². The van der Waals surface area contributed by atoms with Crippen LogP contribution >= 0.6 is 0 Å². The Bertz CT molecular complexity index is 730. The molecule has 98 valence electrons. The maximum atomic E-state index is 12.5. The van der Waals surface area contributed by atoms with E-state index in [2.05, 4.69) is 5.16 Å². The van der Waals surface area contributed by atoms with Gasteiger partial charge in [-0.15, -0.1) is 0 Å². The molecule has 20 heavy (non-hydrogen) atoms. The molecule has 0 saturated heterocycles. The molecule has 1 heterocycles. The zero-order valence-electron chi connectivity index (χ0n) is 11.0. The van der Waals surface area contributed by atoms with Crippen LogP contribution in [0, 0.1) is 6.92 Å². The van der Waals surface area contributed by atoms with Gasteiger partial charge in [0.2, 0.25) is 11.5 Å². The quantitative estimate of drug-likeness (QED) is 0.673. The molecule has 3 nitrogen and oxygen atoms in total. The number of aryl methyl sites for hydroxylation is 1. The SMILES string of the molecule is Cc1noc(C(=O)c2ccccc2)c1-c1ccccc1. The molecule has 0 aliphatic heterocycles. The van der Waals surface area contributed by atoms with E-state index < -0.39 is 0 Å². The van der Waals surface area contributed by atoms with Gasteiger partial charge < -0.3 is 4.52 Å². The van der Waals surface area contributed by atoms with E-state index in [0.29, 0.717) is 11.3 Å². The van der Waals surface area contributed by atoms with E-state index in [0.717, 1.165) is 16.8 Å². The van der Waals surface area contributed by atoms with E-state index in [1.807, 2.05) is 55.5 Å². The fraction of sp³-hybridized carbons (Fsp3) is 0.0588. The fourth-order valence-corrected chi connectivity index (χ4v) is 2.19. The Hall–Kier alpha value is -2.68. The molecule has 0 atom stereocenters. The molecule has 0 unspecified atom stereocenters. The maximum absolute atomic E-state index is 12.5. The van der Waals surface area contributed by atoms with Gasteiger partial charge in [-0.3, -0.25) is 4.79 Å². The van der Waals surface area contributed by atoms with Crippen molar-refractivity contribution in [2.45, 2.75) is 6.92 Å². The van der Waals surface area contributed by atoms with Crippen LogP contribution in [0.2, 0.25) is 0 Å². The van der Waals surface area contributed by atoms with Crippen molar-refractivity contribution < 1.29 is 9.32 Å². The molecular weight excluding hydrogens is 250 g/mol. The number of hydrogen-bond donors (Lipinski definition) is 0. The molecule has 0 aliphatic carbocycles. The van der Waals surface area contributed by atoms with Gasteiger partial charge in [-0.1, -0.05) is 65.8 Å². The normalized spacial score (nSPS) is 10.4. The predicted molar refractivity (Wildman–Crippen MR) is 76.6 cm³/mol. The monoisotopic (exact) mass is 263 g/mol. The molecule has 0 saturated carbocycles. The maximum Gasteiger partial charge on any atom is 0.231 e. The first-order valence-electron chi connectivity index (χ1n) is 6.39. The van der Waals surface area contributed by atoms with Crippen LogP contribution in [0.3, 0.4) is 0 Å². The van der Waals surface area contributed by atoms with Gasteiger partial charge in [0.25, 0.3) is 0 Å². The van der Waals surface area contributed by atoms with E-state index in [9.17, 15) is 4.79 Å². The molecular formula is C17H13NO2. The van der Waals surface area contributed by atoms with Crippen molar-refractivity contribution in [1.82, 2.24) is 5.16 Å². The molecule has 3 heteroatoms. The third-order valence-electron chi connectivity index (χ3n) is 3.17. The number of benzene rings is 2. The average Bonchev–Trinajstić information content (AvgIpc) is 2.90. The third-order valence-corrected chi connectivity index (χ3v) is 3.17. The van der Waals surface area contributed by atoms with Gasteiger partial charge in [0.1, 0.15) is 0 Å². The molecule has 3 aromatic rings. The Morgan fingerprint density at radius 1 is 0.950 bits per heavy atom. The van der Waals surface area contributed by atoms with Crippen molar-refractivity contribution in [3.05, 3.63) is 77.7 Å². The second-order valence-corrected chi connectivity index (χ2v) is 4.53. The van der Waals surface area contributed by atoms with Crippen LogP contribution in [0.5, 0.6) is 0 Å². The number of ketones is 1. The number of carbonyl (C=O) groups excluding carboxylic acids is 1. The lowest BCUT2D eigenvalue weighted by Crippen LogP contribution is -2.01. The van der Waals surface area contributed by atoms with E-state index in [-0.39, 0.29) is 5.78 Å². The lowest BCUT2D eigenvalue weighted by atomic mass is 9.99. The summed E-state index contributed by atoms with van der Waals surface area (Å²) in [7, 11) is 0. The third kappa shape index (κ3) is 2.14. The molecule has 0 aliphatic rings. The highest BCUT2D eigenvalue weighted by Gasteiger charge is 2.22. The van der Waals surface area contributed by atoms with Crippen molar-refractivity contribution in [1.29, 1.82) is 0 Å². The lowest BCUT2D eigenvalue weighted by Gasteiger charge is -2.02. The smallest absolute Gasteiger partial charge is 0.231 e. The van der Waals surface area contributed by atoms with Gasteiger partial charge in [0.05, 0.1) is 11.3 Å². The summed E-state index contributed by atoms with van der Waals surface area (Å²) in [6.45, 7) is 1.84. The summed E-state index contributed by atoms with van der Waals surface area (Å²) >= 11 is 0. The van der Waals surface area contributed by atoms with Crippen LogP contribution in [-0.2, 0) is 0 Å². The zero-order chi connectivity index (χ0) is 13.9. The van der Waals surface area contributed by atoms with Crippen LogP contribution in [-0.4, -0.2) is 10.9 Å². The van der Waals surface area contributed by atoms with Crippen LogP contribution in [0.4, 0.5) is 0 Å². The zero-order valence-corrected chi connectivity index (χ0v) is 11.0. The Balaban J connectivity index is 2.11. The molecule has 0 bridgehead atoms. The van der Waals surface area contributed by atoms with Gasteiger partial charge in [0, 0.05) is 5.56 Å².